The number of aromatic nitrogens is 2. The van der Waals surface area contributed by atoms with E-state index in [4.69, 9.17) is 11.6 Å². The van der Waals surface area contributed by atoms with Gasteiger partial charge in [-0.25, -0.2) is 9.37 Å². The average Bonchev–Trinajstić information content (AvgIpc) is 2.43. The van der Waals surface area contributed by atoms with Crippen molar-refractivity contribution in [2.45, 2.75) is 0 Å². The van der Waals surface area contributed by atoms with Crippen molar-refractivity contribution in [2.75, 3.05) is 0 Å². The van der Waals surface area contributed by atoms with E-state index in [0.29, 0.717) is 15.9 Å². The fraction of sp³-hybridized carbons (Fsp3) is 0. The van der Waals surface area contributed by atoms with E-state index in [1.807, 2.05) is 0 Å². The van der Waals surface area contributed by atoms with Crippen LogP contribution in [0.1, 0.15) is 0 Å². The number of hydrogen-bond acceptors (Lipinski definition) is 2. The van der Waals surface area contributed by atoms with Gasteiger partial charge < -0.3 is 0 Å². The van der Waals surface area contributed by atoms with Gasteiger partial charge in [0, 0.05) is 0 Å². The summed E-state index contributed by atoms with van der Waals surface area (Å²) < 4.78 is 14.5. The molecule has 3 nitrogen and oxygen atoms in total. The SMILES string of the molecule is O=c1c2ccccc2ncn1-c1cc(F)ccc1Cl. The highest BCUT2D eigenvalue weighted by Gasteiger charge is 2.09. The molecule has 3 rings (SSSR count). The summed E-state index contributed by atoms with van der Waals surface area (Å²) in [4.78, 5) is 16.5. The van der Waals surface area contributed by atoms with Crippen LogP contribution in [0.2, 0.25) is 5.02 Å². The maximum absolute atomic E-state index is 13.3. The predicted molar refractivity (Wildman–Crippen MR) is 72.3 cm³/mol. The van der Waals surface area contributed by atoms with E-state index in [1.54, 1.807) is 24.3 Å². The largest absolute Gasteiger partial charge is 0.268 e. The molecular formula is C14H8ClFN2O. The van der Waals surface area contributed by atoms with Gasteiger partial charge in [-0.3, -0.25) is 9.36 Å². The van der Waals surface area contributed by atoms with Gasteiger partial charge in [-0.1, -0.05) is 23.7 Å². The lowest BCUT2D eigenvalue weighted by atomic mass is 10.2. The summed E-state index contributed by atoms with van der Waals surface area (Å²) in [7, 11) is 0. The van der Waals surface area contributed by atoms with Crippen molar-refractivity contribution in [3.63, 3.8) is 0 Å². The van der Waals surface area contributed by atoms with Crippen molar-refractivity contribution in [3.8, 4) is 5.69 Å². The van der Waals surface area contributed by atoms with E-state index in [1.165, 1.54) is 29.1 Å². The van der Waals surface area contributed by atoms with Crippen molar-refractivity contribution in [1.29, 1.82) is 0 Å². The van der Waals surface area contributed by atoms with Crippen LogP contribution >= 0.6 is 11.6 Å². The standard InChI is InChI=1S/C14H8ClFN2O/c15-11-6-5-9(16)7-13(11)18-8-17-12-4-2-1-3-10(12)14(18)19/h1-8H. The normalized spacial score (nSPS) is 10.8. The van der Waals surface area contributed by atoms with Gasteiger partial charge >= 0.3 is 0 Å². The summed E-state index contributed by atoms with van der Waals surface area (Å²) in [5.41, 5.74) is 0.597. The second-order valence-corrected chi connectivity index (χ2v) is 4.44. The first-order valence-electron chi connectivity index (χ1n) is 5.58. The summed E-state index contributed by atoms with van der Waals surface area (Å²) in [6, 6.07) is 10.8. The first kappa shape index (κ1) is 11.9. The highest BCUT2D eigenvalue weighted by atomic mass is 35.5. The van der Waals surface area contributed by atoms with E-state index in [0.717, 1.165) is 0 Å². The summed E-state index contributed by atoms with van der Waals surface area (Å²) in [6.45, 7) is 0. The lowest BCUT2D eigenvalue weighted by Gasteiger charge is -2.08. The van der Waals surface area contributed by atoms with Crippen molar-refractivity contribution in [1.82, 2.24) is 9.55 Å². The molecule has 0 bridgehead atoms. The lowest BCUT2D eigenvalue weighted by molar-refractivity contribution is 0.626. The van der Waals surface area contributed by atoms with Gasteiger partial charge in [0.1, 0.15) is 12.1 Å². The molecule has 0 radical (unpaired) electrons. The molecule has 3 aromatic rings. The monoisotopic (exact) mass is 274 g/mol. The number of halogens is 2. The number of benzene rings is 2. The second kappa shape index (κ2) is 4.48. The molecule has 0 aliphatic rings. The Morgan fingerprint density at radius 1 is 1.16 bits per heavy atom. The zero-order valence-corrected chi connectivity index (χ0v) is 10.4. The number of para-hydroxylation sites is 1. The highest BCUT2D eigenvalue weighted by molar-refractivity contribution is 6.32. The van der Waals surface area contributed by atoms with Crippen LogP contribution < -0.4 is 5.56 Å². The molecule has 0 atom stereocenters. The van der Waals surface area contributed by atoms with E-state index in [9.17, 15) is 9.18 Å². The quantitative estimate of drug-likeness (QED) is 0.683. The maximum atomic E-state index is 13.3. The third kappa shape index (κ3) is 2.00. The summed E-state index contributed by atoms with van der Waals surface area (Å²) in [5.74, 6) is -0.459. The number of rotatable bonds is 1. The molecule has 0 saturated carbocycles. The van der Waals surface area contributed by atoms with E-state index >= 15 is 0 Å². The van der Waals surface area contributed by atoms with Crippen molar-refractivity contribution in [3.05, 3.63) is 70.0 Å². The number of hydrogen-bond donors (Lipinski definition) is 0. The Morgan fingerprint density at radius 3 is 2.79 bits per heavy atom. The van der Waals surface area contributed by atoms with E-state index in [-0.39, 0.29) is 11.2 Å². The zero-order valence-electron chi connectivity index (χ0n) is 9.68. The Balaban J connectivity index is 2.35. The van der Waals surface area contributed by atoms with Crippen LogP contribution in [0.15, 0.2) is 53.6 Å². The molecule has 5 heteroatoms. The molecule has 0 unspecified atom stereocenters. The molecule has 0 saturated heterocycles. The Morgan fingerprint density at radius 2 is 1.95 bits per heavy atom. The smallest absolute Gasteiger partial charge is 0.265 e. The molecule has 1 aromatic heterocycles. The highest BCUT2D eigenvalue weighted by Crippen LogP contribution is 2.20. The summed E-state index contributed by atoms with van der Waals surface area (Å²) >= 11 is 6.00. The molecule has 2 aromatic carbocycles. The molecule has 0 spiro atoms. The number of fused-ring (bicyclic) bond motifs is 1. The van der Waals surface area contributed by atoms with Crippen LogP contribution in [0.5, 0.6) is 0 Å². The van der Waals surface area contributed by atoms with Crippen LogP contribution in [0.4, 0.5) is 4.39 Å². The molecule has 0 aliphatic carbocycles. The van der Waals surface area contributed by atoms with Gasteiger partial charge in [-0.15, -0.1) is 0 Å². The van der Waals surface area contributed by atoms with Crippen LogP contribution in [-0.4, -0.2) is 9.55 Å². The average molecular weight is 275 g/mol. The minimum Gasteiger partial charge on any atom is -0.268 e. The third-order valence-electron chi connectivity index (χ3n) is 2.83. The minimum atomic E-state index is -0.459. The van der Waals surface area contributed by atoms with Gasteiger partial charge in [-0.2, -0.15) is 0 Å². The van der Waals surface area contributed by atoms with E-state index in [2.05, 4.69) is 4.98 Å². The molecule has 0 aliphatic heterocycles. The molecule has 94 valence electrons. The summed E-state index contributed by atoms with van der Waals surface area (Å²) in [5, 5.41) is 0.755. The summed E-state index contributed by atoms with van der Waals surface area (Å²) in [6.07, 6.45) is 1.35. The van der Waals surface area contributed by atoms with E-state index < -0.39 is 5.82 Å². The fourth-order valence-corrected chi connectivity index (χ4v) is 2.12. The Kier molecular flexibility index (Phi) is 2.80. The van der Waals surface area contributed by atoms with Crippen molar-refractivity contribution in [2.24, 2.45) is 0 Å². The molecule has 0 fully saturated rings. The number of nitrogens with zero attached hydrogens (tertiary/aromatic N) is 2. The molecule has 1 heterocycles. The first-order valence-corrected chi connectivity index (χ1v) is 5.96. The first-order chi connectivity index (χ1) is 9.16. The van der Waals surface area contributed by atoms with Gasteiger partial charge in [0.2, 0.25) is 0 Å². The zero-order chi connectivity index (χ0) is 13.4. The second-order valence-electron chi connectivity index (χ2n) is 4.03. The Labute approximate surface area is 112 Å². The minimum absolute atomic E-state index is 0.280. The molecule has 19 heavy (non-hydrogen) atoms. The lowest BCUT2D eigenvalue weighted by Crippen LogP contribution is -2.19. The molecule has 0 N–H and O–H groups in total. The fourth-order valence-electron chi connectivity index (χ4n) is 1.91. The predicted octanol–water partition coefficient (Wildman–Crippen LogP) is 3.18. The van der Waals surface area contributed by atoms with Gasteiger partial charge in [0.15, 0.2) is 0 Å². The van der Waals surface area contributed by atoms with Gasteiger partial charge in [0.25, 0.3) is 5.56 Å². The maximum Gasteiger partial charge on any atom is 0.265 e. The Hall–Kier alpha value is -2.20. The third-order valence-corrected chi connectivity index (χ3v) is 3.15. The van der Waals surface area contributed by atoms with Gasteiger partial charge in [-0.05, 0) is 30.3 Å². The van der Waals surface area contributed by atoms with Crippen LogP contribution in [-0.2, 0) is 0 Å². The van der Waals surface area contributed by atoms with Gasteiger partial charge in [0.05, 0.1) is 21.6 Å². The van der Waals surface area contributed by atoms with Crippen LogP contribution in [0.3, 0.4) is 0 Å². The molecule has 0 amide bonds. The van der Waals surface area contributed by atoms with Crippen LogP contribution in [0, 0.1) is 5.82 Å². The Bertz CT molecular complexity index is 829. The van der Waals surface area contributed by atoms with Crippen LogP contribution in [0.25, 0.3) is 16.6 Å². The topological polar surface area (TPSA) is 34.9 Å². The van der Waals surface area contributed by atoms with Crippen molar-refractivity contribution >= 4 is 22.5 Å². The molecular weight excluding hydrogens is 267 g/mol. The van der Waals surface area contributed by atoms with Crippen molar-refractivity contribution < 1.29 is 4.39 Å².